The number of carbonyl (C=O) groups excluding carboxylic acids is 2. The zero-order valence-corrected chi connectivity index (χ0v) is 17.3. The quantitative estimate of drug-likeness (QED) is 0.423. The molecule has 0 radical (unpaired) electrons. The summed E-state index contributed by atoms with van der Waals surface area (Å²) < 4.78 is 2.04. The van der Waals surface area contributed by atoms with Gasteiger partial charge in [0.1, 0.15) is 0 Å². The fourth-order valence-electron chi connectivity index (χ4n) is 2.74. The number of Topliss-reactive ketones (excluding diaryl/α,β-unsaturated/α-hetero) is 1. The molecule has 1 N–H and O–H groups in total. The molecule has 29 heavy (non-hydrogen) atoms. The summed E-state index contributed by atoms with van der Waals surface area (Å²) in [6.45, 7) is 4.66. The average Bonchev–Trinajstić information content (AvgIpc) is 3.16. The minimum absolute atomic E-state index is 0.000113. The van der Waals surface area contributed by atoms with Crippen molar-refractivity contribution >= 4 is 29.1 Å². The van der Waals surface area contributed by atoms with Gasteiger partial charge < -0.3 is 9.88 Å². The summed E-state index contributed by atoms with van der Waals surface area (Å²) >= 11 is 1.38. The van der Waals surface area contributed by atoms with E-state index in [2.05, 4.69) is 27.4 Å². The van der Waals surface area contributed by atoms with Crippen LogP contribution in [0.3, 0.4) is 0 Å². The van der Waals surface area contributed by atoms with Crippen LogP contribution in [-0.4, -0.2) is 37.2 Å². The van der Waals surface area contributed by atoms with Crippen molar-refractivity contribution in [2.75, 3.05) is 11.1 Å². The number of rotatable bonds is 9. The molecule has 8 heteroatoms. The standard InChI is InChI=1S/C21H23N5O2S/c1-3-13-26-20(16-9-11-22-12-10-16)24-25-21(26)29-14-18(27)15-5-7-17(8-6-15)23-19(28)4-2/h5-12H,3-4,13-14H2,1-2H3,(H,23,28). The normalized spacial score (nSPS) is 10.7. The molecule has 2 heterocycles. The van der Waals surface area contributed by atoms with Crippen LogP contribution in [0.5, 0.6) is 0 Å². The van der Waals surface area contributed by atoms with Crippen LogP contribution in [0, 0.1) is 0 Å². The van der Waals surface area contributed by atoms with E-state index < -0.39 is 0 Å². The minimum atomic E-state index is -0.0557. The lowest BCUT2D eigenvalue weighted by molar-refractivity contribution is -0.115. The Balaban J connectivity index is 1.68. The summed E-state index contributed by atoms with van der Waals surface area (Å²) in [4.78, 5) is 28.1. The number of nitrogens with one attached hydrogen (secondary N) is 1. The highest BCUT2D eigenvalue weighted by atomic mass is 32.2. The Morgan fingerprint density at radius 2 is 1.76 bits per heavy atom. The lowest BCUT2D eigenvalue weighted by atomic mass is 10.1. The number of hydrogen-bond acceptors (Lipinski definition) is 6. The second-order valence-electron chi connectivity index (χ2n) is 6.38. The van der Waals surface area contributed by atoms with Gasteiger partial charge in [0.05, 0.1) is 5.75 Å². The van der Waals surface area contributed by atoms with Crippen molar-refractivity contribution in [3.63, 3.8) is 0 Å². The molecule has 1 aromatic carbocycles. The number of thioether (sulfide) groups is 1. The molecule has 0 unspecified atom stereocenters. The highest BCUT2D eigenvalue weighted by molar-refractivity contribution is 7.99. The highest BCUT2D eigenvalue weighted by Gasteiger charge is 2.16. The number of hydrogen-bond donors (Lipinski definition) is 1. The monoisotopic (exact) mass is 409 g/mol. The molecular formula is C21H23N5O2S. The van der Waals surface area contributed by atoms with E-state index in [1.165, 1.54) is 11.8 Å². The van der Waals surface area contributed by atoms with Gasteiger partial charge in [-0.1, -0.05) is 25.6 Å². The van der Waals surface area contributed by atoms with Crippen LogP contribution in [0.15, 0.2) is 53.9 Å². The van der Waals surface area contributed by atoms with Gasteiger partial charge in [-0.15, -0.1) is 10.2 Å². The van der Waals surface area contributed by atoms with E-state index in [0.717, 1.165) is 29.5 Å². The molecule has 0 saturated carbocycles. The van der Waals surface area contributed by atoms with Crippen LogP contribution < -0.4 is 5.32 Å². The van der Waals surface area contributed by atoms with E-state index in [0.29, 0.717) is 17.7 Å². The second kappa shape index (κ2) is 9.97. The molecule has 3 aromatic rings. The molecular weight excluding hydrogens is 386 g/mol. The first-order valence-electron chi connectivity index (χ1n) is 9.51. The van der Waals surface area contributed by atoms with Crippen LogP contribution in [0.1, 0.15) is 37.0 Å². The molecule has 7 nitrogen and oxygen atoms in total. The second-order valence-corrected chi connectivity index (χ2v) is 7.33. The molecule has 0 spiro atoms. The smallest absolute Gasteiger partial charge is 0.224 e. The maximum atomic E-state index is 12.6. The van der Waals surface area contributed by atoms with Crippen molar-refractivity contribution in [2.45, 2.75) is 38.4 Å². The van der Waals surface area contributed by atoms with Gasteiger partial charge in [-0.05, 0) is 42.8 Å². The van der Waals surface area contributed by atoms with Gasteiger partial charge in [0.2, 0.25) is 5.91 Å². The van der Waals surface area contributed by atoms with Gasteiger partial charge in [-0.3, -0.25) is 14.6 Å². The first kappa shape index (κ1) is 20.7. The van der Waals surface area contributed by atoms with Crippen LogP contribution in [0.25, 0.3) is 11.4 Å². The van der Waals surface area contributed by atoms with Crippen molar-refractivity contribution in [1.82, 2.24) is 19.7 Å². The number of pyridine rings is 1. The summed E-state index contributed by atoms with van der Waals surface area (Å²) in [6, 6.07) is 10.7. The van der Waals surface area contributed by atoms with Gasteiger partial charge in [0, 0.05) is 42.2 Å². The Morgan fingerprint density at radius 1 is 1.03 bits per heavy atom. The van der Waals surface area contributed by atoms with Crippen LogP contribution >= 0.6 is 11.8 Å². The lowest BCUT2D eigenvalue weighted by Crippen LogP contribution is -2.10. The molecule has 0 bridgehead atoms. The van der Waals surface area contributed by atoms with Crippen molar-refractivity contribution in [3.8, 4) is 11.4 Å². The zero-order valence-electron chi connectivity index (χ0n) is 16.5. The Labute approximate surface area is 174 Å². The maximum absolute atomic E-state index is 12.6. The summed E-state index contributed by atoms with van der Waals surface area (Å²) in [5, 5.41) is 12.1. The molecule has 1 amide bonds. The van der Waals surface area contributed by atoms with Crippen LogP contribution in [0.4, 0.5) is 5.69 Å². The molecule has 0 atom stereocenters. The topological polar surface area (TPSA) is 89.8 Å². The van der Waals surface area contributed by atoms with Crippen molar-refractivity contribution < 1.29 is 9.59 Å². The average molecular weight is 410 g/mol. The summed E-state index contributed by atoms with van der Waals surface area (Å²) in [5.74, 6) is 0.985. The number of benzene rings is 1. The van der Waals surface area contributed by atoms with Gasteiger partial charge in [-0.25, -0.2) is 0 Å². The first-order valence-corrected chi connectivity index (χ1v) is 10.5. The minimum Gasteiger partial charge on any atom is -0.326 e. The summed E-state index contributed by atoms with van der Waals surface area (Å²) in [5.41, 5.74) is 2.23. The molecule has 0 aliphatic heterocycles. The summed E-state index contributed by atoms with van der Waals surface area (Å²) in [7, 11) is 0. The largest absolute Gasteiger partial charge is 0.326 e. The van der Waals surface area contributed by atoms with E-state index >= 15 is 0 Å². The SMILES string of the molecule is CCCn1c(SCC(=O)c2ccc(NC(=O)CC)cc2)nnc1-c1ccncc1. The van der Waals surface area contributed by atoms with Crippen molar-refractivity contribution in [3.05, 3.63) is 54.4 Å². The van der Waals surface area contributed by atoms with Gasteiger partial charge in [0.25, 0.3) is 0 Å². The van der Waals surface area contributed by atoms with Gasteiger partial charge >= 0.3 is 0 Å². The number of aromatic nitrogens is 4. The van der Waals surface area contributed by atoms with Gasteiger partial charge in [0.15, 0.2) is 16.8 Å². The molecule has 0 fully saturated rings. The zero-order chi connectivity index (χ0) is 20.6. The van der Waals surface area contributed by atoms with E-state index in [-0.39, 0.29) is 17.4 Å². The molecule has 3 rings (SSSR count). The van der Waals surface area contributed by atoms with E-state index in [9.17, 15) is 9.59 Å². The Kier molecular flexibility index (Phi) is 7.13. The third-order valence-electron chi connectivity index (χ3n) is 4.25. The third-order valence-corrected chi connectivity index (χ3v) is 5.21. The molecule has 150 valence electrons. The van der Waals surface area contributed by atoms with E-state index in [1.807, 2.05) is 16.7 Å². The molecule has 0 aliphatic carbocycles. The fraction of sp³-hybridized carbons (Fsp3) is 0.286. The lowest BCUT2D eigenvalue weighted by Gasteiger charge is -2.09. The number of ketones is 1. The first-order chi connectivity index (χ1) is 14.1. The third kappa shape index (κ3) is 5.29. The predicted octanol–water partition coefficient (Wildman–Crippen LogP) is 4.07. The fourth-order valence-corrected chi connectivity index (χ4v) is 3.60. The maximum Gasteiger partial charge on any atom is 0.224 e. The number of carbonyl (C=O) groups is 2. The van der Waals surface area contributed by atoms with Crippen LogP contribution in [0.2, 0.25) is 0 Å². The number of anilines is 1. The highest BCUT2D eigenvalue weighted by Crippen LogP contribution is 2.25. The van der Waals surface area contributed by atoms with E-state index in [1.54, 1.807) is 43.6 Å². The van der Waals surface area contributed by atoms with Crippen LogP contribution in [-0.2, 0) is 11.3 Å². The van der Waals surface area contributed by atoms with E-state index in [4.69, 9.17) is 0 Å². The van der Waals surface area contributed by atoms with Crippen molar-refractivity contribution in [1.29, 1.82) is 0 Å². The molecule has 0 aliphatic rings. The Hall–Kier alpha value is -3.00. The Bertz CT molecular complexity index is 970. The number of nitrogens with zero attached hydrogens (tertiary/aromatic N) is 4. The Morgan fingerprint density at radius 3 is 2.41 bits per heavy atom. The molecule has 2 aromatic heterocycles. The number of amides is 1. The predicted molar refractivity (Wildman–Crippen MR) is 114 cm³/mol. The molecule has 0 saturated heterocycles. The van der Waals surface area contributed by atoms with Gasteiger partial charge in [-0.2, -0.15) is 0 Å². The van der Waals surface area contributed by atoms with Crippen molar-refractivity contribution in [2.24, 2.45) is 0 Å². The summed E-state index contributed by atoms with van der Waals surface area (Å²) in [6.07, 6.45) is 4.80.